The summed E-state index contributed by atoms with van der Waals surface area (Å²) in [6, 6.07) is 4.64. The Balaban J connectivity index is 2.97. The number of nitrogen functional groups attached to an aromatic ring is 1. The molecule has 70 valence electrons. The molecule has 0 radical (unpaired) electrons. The summed E-state index contributed by atoms with van der Waals surface area (Å²) in [5.74, 6) is 0.184. The number of anilines is 1. The lowest BCUT2D eigenvalue weighted by atomic mass is 10.0. The second kappa shape index (κ2) is 3.96. The second-order valence-corrected chi connectivity index (χ2v) is 2.95. The molecule has 0 aliphatic carbocycles. The van der Waals surface area contributed by atoms with E-state index in [0.29, 0.717) is 17.7 Å². The van der Waals surface area contributed by atoms with Crippen LogP contribution in [-0.4, -0.2) is 5.11 Å². The van der Waals surface area contributed by atoms with Crippen LogP contribution in [0.15, 0.2) is 30.9 Å². The molecule has 3 heteroatoms. The molecule has 13 heavy (non-hydrogen) atoms. The third kappa shape index (κ3) is 2.23. The van der Waals surface area contributed by atoms with Crippen molar-refractivity contribution in [3.05, 3.63) is 36.4 Å². The Morgan fingerprint density at radius 1 is 1.54 bits per heavy atom. The number of phenols is 1. The first-order valence-electron chi connectivity index (χ1n) is 4.10. The van der Waals surface area contributed by atoms with Crippen LogP contribution in [-0.2, 0) is 0 Å². The summed E-state index contributed by atoms with van der Waals surface area (Å²) in [5.41, 5.74) is 12.6. The molecule has 0 saturated carbocycles. The molecule has 0 saturated heterocycles. The van der Waals surface area contributed by atoms with Gasteiger partial charge in [-0.1, -0.05) is 6.08 Å². The molecule has 5 N–H and O–H groups in total. The van der Waals surface area contributed by atoms with E-state index in [4.69, 9.17) is 11.5 Å². The van der Waals surface area contributed by atoms with E-state index in [1.165, 1.54) is 0 Å². The molecule has 1 aromatic carbocycles. The van der Waals surface area contributed by atoms with Crippen LogP contribution in [0, 0.1) is 0 Å². The van der Waals surface area contributed by atoms with Gasteiger partial charge in [0.05, 0.1) is 0 Å². The Kier molecular flexibility index (Phi) is 2.93. The lowest BCUT2D eigenvalue weighted by Gasteiger charge is -2.11. The van der Waals surface area contributed by atoms with Crippen LogP contribution in [0.25, 0.3) is 0 Å². The van der Waals surface area contributed by atoms with E-state index in [1.54, 1.807) is 24.3 Å². The molecule has 1 aromatic rings. The fourth-order valence-corrected chi connectivity index (χ4v) is 1.18. The van der Waals surface area contributed by atoms with Crippen molar-refractivity contribution in [1.29, 1.82) is 0 Å². The number of benzene rings is 1. The first-order chi connectivity index (χ1) is 6.15. The Hall–Kier alpha value is -1.48. The van der Waals surface area contributed by atoms with Gasteiger partial charge in [-0.3, -0.25) is 0 Å². The van der Waals surface area contributed by atoms with Gasteiger partial charge in [-0.25, -0.2) is 0 Å². The number of aromatic hydroxyl groups is 1. The van der Waals surface area contributed by atoms with Crippen molar-refractivity contribution in [2.75, 3.05) is 5.73 Å². The predicted octanol–water partition coefficient (Wildman–Crippen LogP) is 1.55. The van der Waals surface area contributed by atoms with Crippen LogP contribution in [0.4, 0.5) is 5.69 Å². The lowest BCUT2D eigenvalue weighted by Crippen LogP contribution is -2.09. The van der Waals surface area contributed by atoms with Gasteiger partial charge in [0, 0.05) is 17.3 Å². The number of nitrogens with two attached hydrogens (primary N) is 2. The maximum absolute atomic E-state index is 9.46. The highest BCUT2D eigenvalue weighted by Gasteiger charge is 2.08. The number of phenolic OH excluding ortho intramolecular Hbond substituents is 1. The maximum Gasteiger partial charge on any atom is 0.120 e. The minimum absolute atomic E-state index is 0.184. The molecule has 3 nitrogen and oxygen atoms in total. The second-order valence-electron chi connectivity index (χ2n) is 2.95. The van der Waals surface area contributed by atoms with Crippen LogP contribution in [0.2, 0.25) is 0 Å². The summed E-state index contributed by atoms with van der Waals surface area (Å²) in [6.07, 6.45) is 2.34. The Bertz CT molecular complexity index is 310. The highest BCUT2D eigenvalue weighted by Crippen LogP contribution is 2.26. The molecule has 0 fully saturated rings. The number of hydrogen-bond donors (Lipinski definition) is 3. The normalized spacial score (nSPS) is 12.4. The summed E-state index contributed by atoms with van der Waals surface area (Å²) < 4.78 is 0. The maximum atomic E-state index is 9.46. The SMILES string of the molecule is C=CC[C@H](N)c1cc(N)ccc1O. The van der Waals surface area contributed by atoms with Crippen molar-refractivity contribution in [3.63, 3.8) is 0 Å². The lowest BCUT2D eigenvalue weighted by molar-refractivity contribution is 0.462. The third-order valence-corrected chi connectivity index (χ3v) is 1.87. The molecule has 0 aliphatic heterocycles. The van der Waals surface area contributed by atoms with E-state index in [-0.39, 0.29) is 11.8 Å². The largest absolute Gasteiger partial charge is 0.508 e. The molecule has 0 spiro atoms. The zero-order valence-electron chi connectivity index (χ0n) is 7.40. The van der Waals surface area contributed by atoms with E-state index in [0.717, 1.165) is 0 Å². The zero-order valence-corrected chi connectivity index (χ0v) is 7.40. The topological polar surface area (TPSA) is 72.3 Å². The summed E-state index contributed by atoms with van der Waals surface area (Å²) in [7, 11) is 0. The smallest absolute Gasteiger partial charge is 0.120 e. The van der Waals surface area contributed by atoms with E-state index >= 15 is 0 Å². The van der Waals surface area contributed by atoms with E-state index in [9.17, 15) is 5.11 Å². The minimum Gasteiger partial charge on any atom is -0.508 e. The monoisotopic (exact) mass is 178 g/mol. The average Bonchev–Trinajstić information content (AvgIpc) is 2.09. The third-order valence-electron chi connectivity index (χ3n) is 1.87. The zero-order chi connectivity index (χ0) is 9.84. The first kappa shape index (κ1) is 9.61. The van der Waals surface area contributed by atoms with Gasteiger partial charge in [-0.05, 0) is 24.6 Å². The molecular weight excluding hydrogens is 164 g/mol. The Morgan fingerprint density at radius 3 is 2.85 bits per heavy atom. The van der Waals surface area contributed by atoms with E-state index < -0.39 is 0 Å². The van der Waals surface area contributed by atoms with Crippen molar-refractivity contribution in [3.8, 4) is 5.75 Å². The Labute approximate surface area is 77.7 Å². The van der Waals surface area contributed by atoms with Crippen LogP contribution in [0.3, 0.4) is 0 Å². The van der Waals surface area contributed by atoms with Gasteiger partial charge in [-0.15, -0.1) is 6.58 Å². The first-order valence-corrected chi connectivity index (χ1v) is 4.10. The van der Waals surface area contributed by atoms with Gasteiger partial charge < -0.3 is 16.6 Å². The van der Waals surface area contributed by atoms with Crippen LogP contribution in [0.1, 0.15) is 18.0 Å². The highest BCUT2D eigenvalue weighted by atomic mass is 16.3. The van der Waals surface area contributed by atoms with Gasteiger partial charge >= 0.3 is 0 Å². The molecule has 0 amide bonds. The molecule has 0 heterocycles. The van der Waals surface area contributed by atoms with Gasteiger partial charge in [-0.2, -0.15) is 0 Å². The summed E-state index contributed by atoms with van der Waals surface area (Å²) in [6.45, 7) is 3.59. The van der Waals surface area contributed by atoms with Gasteiger partial charge in [0.2, 0.25) is 0 Å². The molecule has 0 aliphatic rings. The molecule has 0 bridgehead atoms. The summed E-state index contributed by atoms with van der Waals surface area (Å²) in [5, 5.41) is 9.46. The molecule has 0 unspecified atom stereocenters. The van der Waals surface area contributed by atoms with Gasteiger partial charge in [0.15, 0.2) is 0 Å². The highest BCUT2D eigenvalue weighted by molar-refractivity contribution is 5.48. The van der Waals surface area contributed by atoms with Crippen molar-refractivity contribution in [2.24, 2.45) is 5.73 Å². The van der Waals surface area contributed by atoms with Crippen molar-refractivity contribution in [2.45, 2.75) is 12.5 Å². The minimum atomic E-state index is -0.235. The summed E-state index contributed by atoms with van der Waals surface area (Å²) >= 11 is 0. The van der Waals surface area contributed by atoms with Crippen LogP contribution < -0.4 is 11.5 Å². The van der Waals surface area contributed by atoms with Crippen LogP contribution in [0.5, 0.6) is 5.75 Å². The van der Waals surface area contributed by atoms with Crippen LogP contribution >= 0.6 is 0 Å². The van der Waals surface area contributed by atoms with Gasteiger partial charge in [0.1, 0.15) is 5.75 Å². The Morgan fingerprint density at radius 2 is 2.23 bits per heavy atom. The van der Waals surface area contributed by atoms with E-state index in [1.807, 2.05) is 0 Å². The molecule has 1 atom stereocenters. The molecule has 0 aromatic heterocycles. The number of hydrogen-bond acceptors (Lipinski definition) is 3. The standard InChI is InChI=1S/C10H14N2O/c1-2-3-9(12)8-6-7(11)4-5-10(8)13/h2,4-6,9,13H,1,3,11-12H2/t9-/m0/s1. The fraction of sp³-hybridized carbons (Fsp3) is 0.200. The average molecular weight is 178 g/mol. The fourth-order valence-electron chi connectivity index (χ4n) is 1.18. The van der Waals surface area contributed by atoms with Crippen molar-refractivity contribution >= 4 is 5.69 Å². The van der Waals surface area contributed by atoms with Crippen molar-refractivity contribution < 1.29 is 5.11 Å². The predicted molar refractivity (Wildman–Crippen MR) is 54.3 cm³/mol. The molecular formula is C10H14N2O. The number of rotatable bonds is 3. The van der Waals surface area contributed by atoms with Crippen molar-refractivity contribution in [1.82, 2.24) is 0 Å². The quantitative estimate of drug-likeness (QED) is 0.373. The van der Waals surface area contributed by atoms with E-state index in [2.05, 4.69) is 6.58 Å². The van der Waals surface area contributed by atoms with Gasteiger partial charge in [0.25, 0.3) is 0 Å². The molecule has 1 rings (SSSR count). The summed E-state index contributed by atoms with van der Waals surface area (Å²) in [4.78, 5) is 0.